The molecule has 0 radical (unpaired) electrons. The predicted octanol–water partition coefficient (Wildman–Crippen LogP) is 3.91. The zero-order chi connectivity index (χ0) is 14.5. The second kappa shape index (κ2) is 6.81. The molecule has 0 saturated heterocycles. The summed E-state index contributed by atoms with van der Waals surface area (Å²) in [7, 11) is 0. The number of nitrogens with two attached hydrogens (primary N) is 1. The summed E-state index contributed by atoms with van der Waals surface area (Å²) < 4.78 is 5.81. The maximum atomic E-state index is 6.14. The summed E-state index contributed by atoms with van der Waals surface area (Å²) in [5, 5.41) is 0.799. The molecule has 1 aromatic heterocycles. The van der Waals surface area contributed by atoms with Crippen LogP contribution in [0.4, 0.5) is 0 Å². The zero-order valence-electron chi connectivity index (χ0n) is 11.5. The summed E-state index contributed by atoms with van der Waals surface area (Å²) >= 11 is 7.76. The van der Waals surface area contributed by atoms with Crippen LogP contribution in [-0.2, 0) is 6.61 Å². The van der Waals surface area contributed by atoms with Crippen molar-refractivity contribution in [3.63, 3.8) is 0 Å². The highest BCUT2D eigenvalue weighted by atomic mass is 35.5. The fourth-order valence-electron chi connectivity index (χ4n) is 1.80. The number of rotatable bonds is 3. The monoisotopic (exact) mass is 305 g/mol. The van der Waals surface area contributed by atoms with Gasteiger partial charge in [-0.3, -0.25) is 0 Å². The van der Waals surface area contributed by atoms with E-state index < -0.39 is 0 Å². The Hall–Kier alpha value is -1.47. The van der Waals surface area contributed by atoms with E-state index in [2.05, 4.69) is 11.8 Å². The summed E-state index contributed by atoms with van der Waals surface area (Å²) in [5.41, 5.74) is 7.41. The van der Waals surface area contributed by atoms with E-state index in [1.54, 1.807) is 11.3 Å². The van der Waals surface area contributed by atoms with Crippen molar-refractivity contribution in [1.29, 1.82) is 0 Å². The van der Waals surface area contributed by atoms with Crippen LogP contribution in [0.5, 0.6) is 5.75 Å². The molecule has 0 bridgehead atoms. The van der Waals surface area contributed by atoms with Gasteiger partial charge in [0, 0.05) is 9.90 Å². The molecule has 2 nitrogen and oxygen atoms in total. The number of ether oxygens (including phenoxy) is 1. The van der Waals surface area contributed by atoms with Crippen molar-refractivity contribution in [3.05, 3.63) is 50.2 Å². The zero-order valence-corrected chi connectivity index (χ0v) is 13.1. The first-order chi connectivity index (χ1) is 9.60. The van der Waals surface area contributed by atoms with Gasteiger partial charge in [0.05, 0.1) is 11.4 Å². The fraction of sp³-hybridized carbons (Fsp3) is 0.250. The van der Waals surface area contributed by atoms with Crippen LogP contribution in [0.2, 0.25) is 5.02 Å². The number of thiophene rings is 1. The van der Waals surface area contributed by atoms with Crippen LogP contribution in [0.15, 0.2) is 24.3 Å². The fourth-order valence-corrected chi connectivity index (χ4v) is 2.71. The number of halogens is 1. The third kappa shape index (κ3) is 3.77. The summed E-state index contributed by atoms with van der Waals surface area (Å²) in [6.45, 7) is 4.88. The Morgan fingerprint density at radius 1 is 1.25 bits per heavy atom. The lowest BCUT2D eigenvalue weighted by Gasteiger charge is -2.09. The topological polar surface area (TPSA) is 35.2 Å². The van der Waals surface area contributed by atoms with E-state index in [0.717, 1.165) is 31.7 Å². The molecule has 0 unspecified atom stereocenters. The molecule has 0 atom stereocenters. The van der Waals surface area contributed by atoms with E-state index >= 15 is 0 Å². The standard InChI is InChI=1S/C16H16ClNOS/c1-11-8-13(9-12(2)16(11)17)19-10-15-6-5-14(20-15)4-3-7-18/h5-6,8-9H,7,10,18H2,1-2H3. The molecule has 0 aliphatic carbocycles. The summed E-state index contributed by atoms with van der Waals surface area (Å²) in [5.74, 6) is 6.70. The third-order valence-electron chi connectivity index (χ3n) is 2.77. The molecule has 0 spiro atoms. The van der Waals surface area contributed by atoms with Crippen molar-refractivity contribution in [2.45, 2.75) is 20.5 Å². The Morgan fingerprint density at radius 3 is 2.60 bits per heavy atom. The lowest BCUT2D eigenvalue weighted by molar-refractivity contribution is 0.309. The molecule has 0 amide bonds. The molecule has 20 heavy (non-hydrogen) atoms. The van der Waals surface area contributed by atoms with Crippen LogP contribution in [0.25, 0.3) is 0 Å². The van der Waals surface area contributed by atoms with E-state index in [9.17, 15) is 0 Å². The second-order valence-corrected chi connectivity index (χ2v) is 5.98. The smallest absolute Gasteiger partial charge is 0.122 e. The molecule has 1 heterocycles. The van der Waals surface area contributed by atoms with Gasteiger partial charge in [0.1, 0.15) is 12.4 Å². The Bertz CT molecular complexity index is 644. The molecular weight excluding hydrogens is 290 g/mol. The minimum absolute atomic E-state index is 0.382. The predicted molar refractivity (Wildman–Crippen MR) is 85.5 cm³/mol. The Kier molecular flexibility index (Phi) is 5.08. The normalized spacial score (nSPS) is 10.0. The average Bonchev–Trinajstić information content (AvgIpc) is 2.88. The molecule has 0 fully saturated rings. The van der Waals surface area contributed by atoms with Gasteiger partial charge < -0.3 is 10.5 Å². The summed E-state index contributed by atoms with van der Waals surface area (Å²) in [4.78, 5) is 2.15. The Balaban J connectivity index is 2.03. The molecule has 1 aromatic carbocycles. The van der Waals surface area contributed by atoms with Crippen LogP contribution in [0.1, 0.15) is 20.9 Å². The first-order valence-corrected chi connectivity index (χ1v) is 7.47. The van der Waals surface area contributed by atoms with Gasteiger partial charge >= 0.3 is 0 Å². The molecule has 0 aliphatic rings. The second-order valence-electron chi connectivity index (χ2n) is 4.43. The van der Waals surface area contributed by atoms with Gasteiger partial charge in [0.2, 0.25) is 0 Å². The minimum atomic E-state index is 0.382. The van der Waals surface area contributed by atoms with E-state index in [1.807, 2.05) is 38.1 Å². The SMILES string of the molecule is Cc1cc(OCc2ccc(C#CCN)s2)cc(C)c1Cl. The van der Waals surface area contributed by atoms with Crippen LogP contribution in [-0.4, -0.2) is 6.54 Å². The highest BCUT2D eigenvalue weighted by molar-refractivity contribution is 7.12. The summed E-state index contributed by atoms with van der Waals surface area (Å²) in [6, 6.07) is 7.93. The van der Waals surface area contributed by atoms with Gasteiger partial charge in [-0.05, 0) is 49.2 Å². The highest BCUT2D eigenvalue weighted by Crippen LogP contribution is 2.27. The first kappa shape index (κ1) is 14.9. The van der Waals surface area contributed by atoms with Crippen LogP contribution >= 0.6 is 22.9 Å². The van der Waals surface area contributed by atoms with Gasteiger partial charge in [-0.25, -0.2) is 0 Å². The molecule has 0 aliphatic heterocycles. The number of aryl methyl sites for hydroxylation is 2. The number of hydrogen-bond acceptors (Lipinski definition) is 3. The number of hydrogen-bond donors (Lipinski definition) is 1. The van der Waals surface area contributed by atoms with E-state index in [-0.39, 0.29) is 0 Å². The molecule has 2 aromatic rings. The van der Waals surface area contributed by atoms with Crippen molar-refractivity contribution in [3.8, 4) is 17.6 Å². The van der Waals surface area contributed by atoms with E-state index in [0.29, 0.717) is 13.2 Å². The Morgan fingerprint density at radius 2 is 1.95 bits per heavy atom. The van der Waals surface area contributed by atoms with Crippen LogP contribution in [0, 0.1) is 25.7 Å². The lowest BCUT2D eigenvalue weighted by Crippen LogP contribution is -1.94. The van der Waals surface area contributed by atoms with Crippen molar-refractivity contribution in [2.75, 3.05) is 6.54 Å². The van der Waals surface area contributed by atoms with E-state index in [1.165, 1.54) is 0 Å². The quantitative estimate of drug-likeness (QED) is 0.873. The summed E-state index contributed by atoms with van der Waals surface area (Å²) in [6.07, 6.45) is 0. The van der Waals surface area contributed by atoms with Gasteiger partial charge in [0.15, 0.2) is 0 Å². The maximum absolute atomic E-state index is 6.14. The lowest BCUT2D eigenvalue weighted by atomic mass is 10.1. The maximum Gasteiger partial charge on any atom is 0.122 e. The molecule has 104 valence electrons. The minimum Gasteiger partial charge on any atom is -0.488 e. The van der Waals surface area contributed by atoms with Gasteiger partial charge in [-0.2, -0.15) is 0 Å². The molecular formula is C16H16ClNOS. The van der Waals surface area contributed by atoms with Gasteiger partial charge in [-0.15, -0.1) is 11.3 Å². The molecule has 2 N–H and O–H groups in total. The van der Waals surface area contributed by atoms with Crippen molar-refractivity contribution in [2.24, 2.45) is 5.73 Å². The van der Waals surface area contributed by atoms with E-state index in [4.69, 9.17) is 22.1 Å². The molecule has 0 saturated carbocycles. The third-order valence-corrected chi connectivity index (χ3v) is 4.34. The van der Waals surface area contributed by atoms with Gasteiger partial charge in [-0.1, -0.05) is 23.4 Å². The molecule has 2 rings (SSSR count). The first-order valence-electron chi connectivity index (χ1n) is 6.27. The van der Waals surface area contributed by atoms with Crippen molar-refractivity contribution >= 4 is 22.9 Å². The van der Waals surface area contributed by atoms with Crippen molar-refractivity contribution < 1.29 is 4.74 Å². The Labute approximate surface area is 128 Å². The van der Waals surface area contributed by atoms with Crippen molar-refractivity contribution in [1.82, 2.24) is 0 Å². The highest BCUT2D eigenvalue weighted by Gasteiger charge is 2.05. The number of benzene rings is 1. The van der Waals surface area contributed by atoms with Crippen LogP contribution < -0.4 is 10.5 Å². The largest absolute Gasteiger partial charge is 0.488 e. The average molecular weight is 306 g/mol. The molecule has 4 heteroatoms. The van der Waals surface area contributed by atoms with Crippen LogP contribution in [0.3, 0.4) is 0 Å². The van der Waals surface area contributed by atoms with Gasteiger partial charge in [0.25, 0.3) is 0 Å².